The quantitative estimate of drug-likeness (QED) is 0.187. The number of carbonyl (C=O) groups excluding carboxylic acids is 4. The number of nitrogens with zero attached hydrogens (tertiary/aromatic N) is 1. The molecule has 1 aliphatic rings. The first-order valence-electron chi connectivity index (χ1n) is 8.61. The van der Waals surface area contributed by atoms with Gasteiger partial charge in [-0.1, -0.05) is 76.2 Å². The first kappa shape index (κ1) is 22.6. The van der Waals surface area contributed by atoms with Crippen molar-refractivity contribution in [2.24, 2.45) is 0 Å². The van der Waals surface area contributed by atoms with Gasteiger partial charge in [0.1, 0.15) is 0 Å². The van der Waals surface area contributed by atoms with E-state index in [1.54, 1.807) is 24.3 Å². The Balaban J connectivity index is 1.63. The van der Waals surface area contributed by atoms with Crippen molar-refractivity contribution in [3.8, 4) is 0 Å². The van der Waals surface area contributed by atoms with E-state index in [0.717, 1.165) is 10.5 Å². The summed E-state index contributed by atoms with van der Waals surface area (Å²) in [5.41, 5.74) is 1.08. The van der Waals surface area contributed by atoms with Crippen molar-refractivity contribution in [1.29, 1.82) is 0 Å². The van der Waals surface area contributed by atoms with Crippen LogP contribution < -0.4 is 0 Å². The molecule has 0 N–H and O–H groups in total. The van der Waals surface area contributed by atoms with Gasteiger partial charge in [-0.15, -0.1) is 0 Å². The van der Waals surface area contributed by atoms with Crippen LogP contribution in [0.3, 0.4) is 0 Å². The lowest BCUT2D eigenvalue weighted by Gasteiger charge is -2.13. The van der Waals surface area contributed by atoms with Gasteiger partial charge in [0.25, 0.3) is 11.8 Å². The smallest absolute Gasteiger partial charge is 0.308 e. The predicted octanol–water partition coefficient (Wildman–Crippen LogP) is 5.02. The molecule has 2 aromatic rings. The van der Waals surface area contributed by atoms with Gasteiger partial charge in [0.2, 0.25) is 0 Å². The number of rotatable bonds is 6. The number of ketones is 1. The Bertz CT molecular complexity index is 1030. The Morgan fingerprint density at radius 2 is 1.37 bits per heavy atom. The van der Waals surface area contributed by atoms with Crippen LogP contribution in [0.1, 0.15) is 43.1 Å². The van der Waals surface area contributed by atoms with E-state index in [9.17, 15) is 19.2 Å². The largest absolute Gasteiger partial charge is 0.457 e. The van der Waals surface area contributed by atoms with Crippen LogP contribution in [0.5, 0.6) is 0 Å². The molecule has 30 heavy (non-hydrogen) atoms. The van der Waals surface area contributed by atoms with Gasteiger partial charge in [-0.2, -0.15) is 0 Å². The van der Waals surface area contributed by atoms with Gasteiger partial charge >= 0.3 is 5.97 Å². The van der Waals surface area contributed by atoms with Gasteiger partial charge < -0.3 is 4.74 Å². The maximum absolute atomic E-state index is 12.6. The molecule has 0 fully saturated rings. The third kappa shape index (κ3) is 4.18. The van der Waals surface area contributed by atoms with Gasteiger partial charge in [-0.25, -0.2) is 0 Å². The van der Waals surface area contributed by atoms with Crippen molar-refractivity contribution in [2.75, 3.05) is 13.2 Å². The van der Waals surface area contributed by atoms with Crippen molar-refractivity contribution >= 4 is 70.0 Å². The molecule has 0 aliphatic carbocycles. The molecule has 156 valence electrons. The molecule has 1 heterocycles. The van der Waals surface area contributed by atoms with E-state index in [1.807, 2.05) is 6.92 Å². The molecule has 0 saturated carbocycles. The maximum atomic E-state index is 12.6. The van der Waals surface area contributed by atoms with E-state index in [0.29, 0.717) is 5.56 Å². The Labute approximate surface area is 191 Å². The Kier molecular flexibility index (Phi) is 6.72. The molecule has 0 aromatic heterocycles. The van der Waals surface area contributed by atoms with Crippen molar-refractivity contribution in [3.63, 3.8) is 0 Å². The summed E-state index contributed by atoms with van der Waals surface area (Å²) in [6.45, 7) is 1.15. The Morgan fingerprint density at radius 1 is 0.867 bits per heavy atom. The van der Waals surface area contributed by atoms with Gasteiger partial charge in [-0.3, -0.25) is 24.1 Å². The summed E-state index contributed by atoms with van der Waals surface area (Å²) < 4.78 is 4.95. The summed E-state index contributed by atoms with van der Waals surface area (Å²) in [5, 5.41) is -0.653. The minimum absolute atomic E-state index is 0.140. The highest BCUT2D eigenvalue weighted by atomic mass is 35.5. The second kappa shape index (κ2) is 8.94. The number of ether oxygens (including phenoxy) is 1. The molecule has 0 bridgehead atoms. The van der Waals surface area contributed by atoms with Crippen molar-refractivity contribution in [2.45, 2.75) is 13.3 Å². The zero-order valence-corrected chi connectivity index (χ0v) is 18.5. The number of Topliss-reactive ketones (excluding diaryl/α,β-unsaturated/α-hetero) is 1. The van der Waals surface area contributed by atoms with E-state index < -0.39 is 24.4 Å². The fraction of sp³-hybridized carbons (Fsp3) is 0.200. The van der Waals surface area contributed by atoms with E-state index >= 15 is 0 Å². The number of hydrogen-bond acceptors (Lipinski definition) is 5. The second-order valence-corrected chi connectivity index (χ2v) is 7.98. The average molecular weight is 489 g/mol. The second-order valence-electron chi connectivity index (χ2n) is 6.47. The fourth-order valence-electron chi connectivity index (χ4n) is 2.84. The van der Waals surface area contributed by atoms with E-state index in [4.69, 9.17) is 51.1 Å². The molecular formula is C20H13Cl4NO5. The first-order chi connectivity index (χ1) is 14.1. The lowest BCUT2D eigenvalue weighted by Crippen LogP contribution is -2.32. The van der Waals surface area contributed by atoms with E-state index in [1.165, 1.54) is 0 Å². The Hall–Kier alpha value is -2.12. The topological polar surface area (TPSA) is 80.8 Å². The van der Waals surface area contributed by atoms with Crippen LogP contribution >= 0.6 is 46.4 Å². The molecule has 1 aliphatic heterocycles. The van der Waals surface area contributed by atoms with Crippen molar-refractivity contribution in [1.82, 2.24) is 4.90 Å². The van der Waals surface area contributed by atoms with E-state index in [-0.39, 0.29) is 50.0 Å². The minimum atomic E-state index is -0.750. The van der Waals surface area contributed by atoms with Crippen LogP contribution in [0, 0.1) is 6.92 Å². The van der Waals surface area contributed by atoms with Crippen LogP contribution in [-0.4, -0.2) is 41.6 Å². The van der Waals surface area contributed by atoms with Crippen LogP contribution in [-0.2, 0) is 9.53 Å². The minimum Gasteiger partial charge on any atom is -0.457 e. The standard InChI is InChI=1S/C20H13Cl4NO5/c1-9-2-4-10(5-3-9)11(26)8-30-12(27)6-7-25-19(28)13-14(20(25)29)16(22)18(24)17(23)15(13)21/h2-5H,6-8H2,1H3. The lowest BCUT2D eigenvalue weighted by atomic mass is 10.1. The molecule has 0 unspecified atom stereocenters. The maximum Gasteiger partial charge on any atom is 0.308 e. The first-order valence-corrected chi connectivity index (χ1v) is 10.1. The third-order valence-corrected chi connectivity index (χ3v) is 6.26. The summed E-state index contributed by atoms with van der Waals surface area (Å²) >= 11 is 24.0. The number of esters is 1. The number of benzene rings is 2. The molecule has 3 rings (SSSR count). The van der Waals surface area contributed by atoms with E-state index in [2.05, 4.69) is 0 Å². The summed E-state index contributed by atoms with van der Waals surface area (Å²) in [7, 11) is 0. The molecule has 0 saturated heterocycles. The van der Waals surface area contributed by atoms with Gasteiger partial charge in [-0.05, 0) is 6.92 Å². The molecular weight excluding hydrogens is 476 g/mol. The SMILES string of the molecule is Cc1ccc(C(=O)COC(=O)CCN2C(=O)c3c(Cl)c(Cl)c(Cl)c(Cl)c3C2=O)cc1. The van der Waals surface area contributed by atoms with Gasteiger partial charge in [0.05, 0.1) is 37.6 Å². The fourth-order valence-corrected chi connectivity index (χ4v) is 3.86. The predicted molar refractivity (Wildman–Crippen MR) is 113 cm³/mol. The summed E-state index contributed by atoms with van der Waals surface area (Å²) in [5.74, 6) is -2.61. The highest BCUT2D eigenvalue weighted by molar-refractivity contribution is 6.55. The summed E-state index contributed by atoms with van der Waals surface area (Å²) in [6, 6.07) is 6.81. The molecule has 0 atom stereocenters. The van der Waals surface area contributed by atoms with Gasteiger partial charge in [0.15, 0.2) is 12.4 Å². The number of aryl methyl sites for hydroxylation is 1. The molecule has 0 spiro atoms. The highest BCUT2D eigenvalue weighted by Crippen LogP contribution is 2.44. The normalized spacial score (nSPS) is 12.9. The van der Waals surface area contributed by atoms with Crippen LogP contribution in [0.15, 0.2) is 24.3 Å². The number of imide groups is 1. The number of amides is 2. The monoisotopic (exact) mass is 487 g/mol. The number of fused-ring (bicyclic) bond motifs is 1. The zero-order valence-electron chi connectivity index (χ0n) is 15.4. The average Bonchev–Trinajstić information content (AvgIpc) is 2.97. The van der Waals surface area contributed by atoms with Crippen molar-refractivity contribution in [3.05, 3.63) is 66.6 Å². The molecule has 6 nitrogen and oxygen atoms in total. The Morgan fingerprint density at radius 3 is 1.87 bits per heavy atom. The lowest BCUT2D eigenvalue weighted by molar-refractivity contribution is -0.142. The van der Waals surface area contributed by atoms with Crippen LogP contribution in [0.25, 0.3) is 0 Å². The number of carbonyl (C=O) groups is 4. The molecule has 0 radical (unpaired) electrons. The highest BCUT2D eigenvalue weighted by Gasteiger charge is 2.41. The molecule has 10 heteroatoms. The van der Waals surface area contributed by atoms with Gasteiger partial charge in [0, 0.05) is 12.1 Å². The zero-order chi connectivity index (χ0) is 22.2. The third-order valence-electron chi connectivity index (χ3n) is 4.46. The summed E-state index contributed by atoms with van der Waals surface area (Å²) in [6.07, 6.45) is -0.316. The molecule has 2 amide bonds. The number of hydrogen-bond donors (Lipinski definition) is 0. The van der Waals surface area contributed by atoms with Crippen LogP contribution in [0.4, 0.5) is 0 Å². The van der Waals surface area contributed by atoms with Crippen molar-refractivity contribution < 1.29 is 23.9 Å². The summed E-state index contributed by atoms with van der Waals surface area (Å²) in [4.78, 5) is 50.0. The van der Waals surface area contributed by atoms with Crippen LogP contribution in [0.2, 0.25) is 20.1 Å². The molecule has 2 aromatic carbocycles. The number of halogens is 4.